The van der Waals surface area contributed by atoms with Gasteiger partial charge in [-0.2, -0.15) is 5.10 Å². The van der Waals surface area contributed by atoms with Crippen molar-refractivity contribution in [3.63, 3.8) is 0 Å². The minimum atomic E-state index is -0.0509. The molecule has 154 valence electrons. The number of aromatic nitrogens is 5. The van der Waals surface area contributed by atoms with Crippen LogP contribution in [0.1, 0.15) is 28.5 Å². The minimum absolute atomic E-state index is 0.0122. The van der Waals surface area contributed by atoms with Crippen molar-refractivity contribution >= 4 is 11.6 Å². The van der Waals surface area contributed by atoms with Gasteiger partial charge in [0.1, 0.15) is 12.0 Å². The van der Waals surface area contributed by atoms with Gasteiger partial charge in [-0.05, 0) is 42.2 Å². The van der Waals surface area contributed by atoms with E-state index in [0.717, 1.165) is 23.2 Å². The monoisotopic (exact) mass is 412 g/mol. The molecular weight excluding hydrogens is 392 g/mol. The number of hydrogen-bond donors (Lipinski definition) is 0. The Morgan fingerprint density at radius 3 is 2.84 bits per heavy atom. The van der Waals surface area contributed by atoms with Crippen molar-refractivity contribution in [1.82, 2.24) is 29.0 Å². The highest BCUT2D eigenvalue weighted by atomic mass is 16.2. The molecule has 1 saturated heterocycles. The molecule has 2 bridgehead atoms. The van der Waals surface area contributed by atoms with E-state index >= 15 is 0 Å². The summed E-state index contributed by atoms with van der Waals surface area (Å²) in [5.74, 6) is 0.327. The molecule has 4 aromatic rings. The first kappa shape index (κ1) is 18.0. The summed E-state index contributed by atoms with van der Waals surface area (Å²) in [6.45, 7) is 1.85. The number of hydrogen-bond acceptors (Lipinski definition) is 5. The van der Waals surface area contributed by atoms with Crippen LogP contribution in [0.25, 0.3) is 16.8 Å². The third-order valence-electron chi connectivity index (χ3n) is 6.36. The summed E-state index contributed by atoms with van der Waals surface area (Å²) in [5.41, 5.74) is 3.97. The number of rotatable bonds is 2. The van der Waals surface area contributed by atoms with Crippen LogP contribution in [0.5, 0.6) is 0 Å². The van der Waals surface area contributed by atoms with E-state index in [1.165, 1.54) is 6.33 Å². The van der Waals surface area contributed by atoms with Crippen LogP contribution in [0, 0.1) is 5.92 Å². The molecule has 0 aliphatic carbocycles. The largest absolute Gasteiger partial charge is 0.336 e. The van der Waals surface area contributed by atoms with Crippen molar-refractivity contribution < 1.29 is 4.79 Å². The first-order valence-corrected chi connectivity index (χ1v) is 10.4. The molecule has 0 spiro atoms. The molecule has 2 aliphatic heterocycles. The predicted molar refractivity (Wildman–Crippen MR) is 114 cm³/mol. The Balaban J connectivity index is 1.36. The lowest BCUT2D eigenvalue weighted by Crippen LogP contribution is -2.49. The van der Waals surface area contributed by atoms with Crippen LogP contribution in [0.3, 0.4) is 0 Å². The van der Waals surface area contributed by atoms with Crippen LogP contribution in [0.15, 0.2) is 66.0 Å². The Bertz CT molecular complexity index is 1360. The number of amides is 1. The minimum Gasteiger partial charge on any atom is -0.336 e. The maximum atomic E-state index is 13.4. The van der Waals surface area contributed by atoms with Gasteiger partial charge in [0.2, 0.25) is 0 Å². The maximum absolute atomic E-state index is 13.4. The van der Waals surface area contributed by atoms with Crippen LogP contribution >= 0.6 is 0 Å². The van der Waals surface area contributed by atoms with Gasteiger partial charge in [0.25, 0.3) is 11.5 Å². The van der Waals surface area contributed by atoms with Gasteiger partial charge in [0.05, 0.1) is 0 Å². The number of fused-ring (bicyclic) bond motifs is 5. The van der Waals surface area contributed by atoms with E-state index in [9.17, 15) is 9.59 Å². The van der Waals surface area contributed by atoms with E-state index in [2.05, 4.69) is 21.1 Å². The Labute approximate surface area is 177 Å². The highest BCUT2D eigenvalue weighted by Gasteiger charge is 2.37. The van der Waals surface area contributed by atoms with E-state index in [0.29, 0.717) is 31.0 Å². The van der Waals surface area contributed by atoms with E-state index in [1.54, 1.807) is 29.0 Å². The standard InChI is InChI=1S/C23H20N6O2/c30-22-9-17(16-3-2-6-24-10-16)8-20-18-7-15(12-28(20)22)11-27(13-18)23(31)19-4-1-5-21-25-14-26-29(19)21/h1-6,8-10,14-15,18H,7,11-13H2/t15-,18+/m0/s1. The first-order valence-electron chi connectivity index (χ1n) is 10.4. The fourth-order valence-electron chi connectivity index (χ4n) is 4.99. The number of carbonyl (C=O) groups is 1. The smallest absolute Gasteiger partial charge is 0.272 e. The van der Waals surface area contributed by atoms with E-state index < -0.39 is 0 Å². The highest BCUT2D eigenvalue weighted by Crippen LogP contribution is 2.37. The van der Waals surface area contributed by atoms with Gasteiger partial charge in [-0.15, -0.1) is 0 Å². The lowest BCUT2D eigenvalue weighted by Gasteiger charge is -2.42. The normalized spacial score (nSPS) is 19.9. The van der Waals surface area contributed by atoms with Crippen molar-refractivity contribution in [3.05, 3.63) is 82.9 Å². The molecule has 0 radical (unpaired) electrons. The topological polar surface area (TPSA) is 85.4 Å². The summed E-state index contributed by atoms with van der Waals surface area (Å²) < 4.78 is 3.48. The average molecular weight is 412 g/mol. The molecule has 1 fully saturated rings. The summed E-state index contributed by atoms with van der Waals surface area (Å²) in [6.07, 6.45) is 5.93. The second kappa shape index (κ2) is 6.87. The molecule has 8 heteroatoms. The lowest BCUT2D eigenvalue weighted by molar-refractivity contribution is 0.0586. The van der Waals surface area contributed by atoms with Gasteiger partial charge in [0.15, 0.2) is 5.65 Å². The van der Waals surface area contributed by atoms with Crippen molar-refractivity contribution in [2.45, 2.75) is 18.9 Å². The third kappa shape index (κ3) is 2.94. The zero-order valence-corrected chi connectivity index (χ0v) is 16.8. The van der Waals surface area contributed by atoms with Gasteiger partial charge < -0.3 is 9.47 Å². The van der Waals surface area contributed by atoms with Gasteiger partial charge in [-0.3, -0.25) is 14.6 Å². The Hall–Kier alpha value is -3.81. The zero-order chi connectivity index (χ0) is 20.9. The third-order valence-corrected chi connectivity index (χ3v) is 6.36. The quantitative estimate of drug-likeness (QED) is 0.504. The number of piperidine rings is 1. The first-order chi connectivity index (χ1) is 15.2. The predicted octanol–water partition coefficient (Wildman–Crippen LogP) is 2.21. The second-order valence-corrected chi connectivity index (χ2v) is 8.31. The molecule has 6 heterocycles. The summed E-state index contributed by atoms with van der Waals surface area (Å²) >= 11 is 0. The Morgan fingerprint density at radius 2 is 1.97 bits per heavy atom. The molecule has 31 heavy (non-hydrogen) atoms. The van der Waals surface area contributed by atoms with Crippen molar-refractivity contribution in [3.8, 4) is 11.1 Å². The van der Waals surface area contributed by atoms with Gasteiger partial charge in [0, 0.05) is 55.3 Å². The average Bonchev–Trinajstić information content (AvgIpc) is 3.29. The Kier molecular flexibility index (Phi) is 3.99. The summed E-state index contributed by atoms with van der Waals surface area (Å²) in [6, 6.07) is 13.1. The van der Waals surface area contributed by atoms with Crippen LogP contribution in [-0.2, 0) is 6.54 Å². The molecule has 6 rings (SSSR count). The molecule has 8 nitrogen and oxygen atoms in total. The van der Waals surface area contributed by atoms with Crippen molar-refractivity contribution in [1.29, 1.82) is 0 Å². The fourth-order valence-corrected chi connectivity index (χ4v) is 4.99. The maximum Gasteiger partial charge on any atom is 0.272 e. The van der Waals surface area contributed by atoms with Crippen LogP contribution in [0.2, 0.25) is 0 Å². The fraction of sp³-hybridized carbons (Fsp3) is 0.261. The number of nitrogens with zero attached hydrogens (tertiary/aromatic N) is 6. The molecule has 0 N–H and O–H groups in total. The van der Waals surface area contributed by atoms with Crippen LogP contribution in [-0.4, -0.2) is 48.0 Å². The lowest BCUT2D eigenvalue weighted by atomic mass is 9.82. The molecule has 2 atom stereocenters. The van der Waals surface area contributed by atoms with Crippen molar-refractivity contribution in [2.75, 3.05) is 13.1 Å². The van der Waals surface area contributed by atoms with Crippen molar-refractivity contribution in [2.24, 2.45) is 5.92 Å². The van der Waals surface area contributed by atoms with Crippen LogP contribution < -0.4 is 5.56 Å². The number of likely N-dealkylation sites (tertiary alicyclic amines) is 1. The van der Waals surface area contributed by atoms with Gasteiger partial charge >= 0.3 is 0 Å². The number of pyridine rings is 3. The van der Waals surface area contributed by atoms with E-state index in [-0.39, 0.29) is 23.3 Å². The van der Waals surface area contributed by atoms with Crippen LogP contribution in [0.4, 0.5) is 0 Å². The summed E-state index contributed by atoms with van der Waals surface area (Å²) in [7, 11) is 0. The van der Waals surface area contributed by atoms with Gasteiger partial charge in [-0.1, -0.05) is 12.1 Å². The summed E-state index contributed by atoms with van der Waals surface area (Å²) in [5, 5.41) is 4.21. The zero-order valence-electron chi connectivity index (χ0n) is 16.8. The van der Waals surface area contributed by atoms with Gasteiger partial charge in [-0.25, -0.2) is 9.50 Å². The molecular formula is C23H20N6O2. The second-order valence-electron chi connectivity index (χ2n) is 8.31. The van der Waals surface area contributed by atoms with E-state index in [1.807, 2.05) is 33.7 Å². The highest BCUT2D eigenvalue weighted by molar-refractivity contribution is 5.93. The molecule has 0 saturated carbocycles. The Morgan fingerprint density at radius 1 is 1.03 bits per heavy atom. The molecule has 4 aromatic heterocycles. The molecule has 1 amide bonds. The SMILES string of the molecule is O=C(c1cccc2ncnn12)N1C[C@@H]2C[C@H](C1)c1cc(-c3cccnc3)cc(=O)n1C2. The molecule has 0 unspecified atom stereocenters. The van der Waals surface area contributed by atoms with E-state index in [4.69, 9.17) is 0 Å². The number of carbonyl (C=O) groups excluding carboxylic acids is 1. The molecule has 2 aliphatic rings. The summed E-state index contributed by atoms with van der Waals surface area (Å²) in [4.78, 5) is 36.5. The molecule has 0 aromatic carbocycles.